The molecule has 13 rings (SSSR count). The van der Waals surface area contributed by atoms with Crippen LogP contribution in [0.25, 0.3) is 122 Å². The van der Waals surface area contributed by atoms with Crippen LogP contribution >= 0.6 is 0 Å². The molecule has 68 heavy (non-hydrogen) atoms. The van der Waals surface area contributed by atoms with Crippen molar-refractivity contribution in [1.29, 1.82) is 0 Å². The lowest BCUT2D eigenvalue weighted by atomic mass is 9.90. The van der Waals surface area contributed by atoms with E-state index in [1.54, 1.807) is 0 Å². The average Bonchev–Trinajstić information content (AvgIpc) is 4.07. The third kappa shape index (κ3) is 6.31. The lowest BCUT2D eigenvalue weighted by molar-refractivity contribution is 1.08. The van der Waals surface area contributed by atoms with E-state index in [0.717, 1.165) is 83.6 Å². The second kappa shape index (κ2) is 15.7. The second-order valence-corrected chi connectivity index (χ2v) is 18.1. The van der Waals surface area contributed by atoms with Gasteiger partial charge < -0.3 is 4.98 Å². The first-order chi connectivity index (χ1) is 33.5. The minimum absolute atomic E-state index is 0.867. The topological polar surface area (TPSA) is 51.4 Å². The molecule has 5 heteroatoms. The number of H-pyrrole nitrogens is 1. The molecule has 0 aliphatic carbocycles. The van der Waals surface area contributed by atoms with Crippen molar-refractivity contribution < 1.29 is 0 Å². The van der Waals surface area contributed by atoms with Crippen LogP contribution in [0.5, 0.6) is 0 Å². The van der Waals surface area contributed by atoms with Crippen LogP contribution in [0.2, 0.25) is 0 Å². The van der Waals surface area contributed by atoms with Gasteiger partial charge in [-0.1, -0.05) is 151 Å². The molecule has 0 fully saturated rings. The molecule has 0 amide bonds. The highest BCUT2D eigenvalue weighted by Crippen LogP contribution is 2.45. The summed E-state index contributed by atoms with van der Waals surface area (Å²) in [7, 11) is 0. The number of para-hydroxylation sites is 3. The van der Waals surface area contributed by atoms with Gasteiger partial charge in [-0.3, -0.25) is 9.13 Å². The van der Waals surface area contributed by atoms with Crippen molar-refractivity contribution in [3.63, 3.8) is 0 Å². The number of hydrogen-bond donors (Lipinski definition) is 1. The summed E-state index contributed by atoms with van der Waals surface area (Å²) in [6.07, 6.45) is 1.93. The maximum Gasteiger partial charge on any atom is 0.147 e. The van der Waals surface area contributed by atoms with E-state index in [1.807, 2.05) is 6.20 Å². The monoisotopic (exact) mass is 871 g/mol. The Morgan fingerprint density at radius 1 is 0.426 bits per heavy atom. The molecule has 0 radical (unpaired) electrons. The summed E-state index contributed by atoms with van der Waals surface area (Å²) in [5, 5.41) is 4.75. The van der Waals surface area contributed by atoms with Crippen LogP contribution in [-0.2, 0) is 0 Å². The average molecular weight is 872 g/mol. The van der Waals surface area contributed by atoms with Gasteiger partial charge in [-0.2, -0.15) is 0 Å². The molecule has 5 nitrogen and oxygen atoms in total. The molecule has 0 aliphatic rings. The van der Waals surface area contributed by atoms with Gasteiger partial charge in [0.15, 0.2) is 0 Å². The Balaban J connectivity index is 1.06. The van der Waals surface area contributed by atoms with E-state index in [1.165, 1.54) is 55.1 Å². The molecular weight excluding hydrogens is 827 g/mol. The number of rotatable bonds is 7. The smallest absolute Gasteiger partial charge is 0.147 e. The van der Waals surface area contributed by atoms with Crippen LogP contribution in [0.1, 0.15) is 16.7 Å². The van der Waals surface area contributed by atoms with E-state index in [0.29, 0.717) is 0 Å². The maximum absolute atomic E-state index is 5.72. The third-order valence-corrected chi connectivity index (χ3v) is 13.8. The molecule has 322 valence electrons. The van der Waals surface area contributed by atoms with Gasteiger partial charge in [-0.25, -0.2) is 9.97 Å². The van der Waals surface area contributed by atoms with E-state index >= 15 is 0 Å². The minimum Gasteiger partial charge on any atom is -0.354 e. The predicted octanol–water partition coefficient (Wildman–Crippen LogP) is 16.4. The molecule has 0 saturated carbocycles. The number of nitrogens with one attached hydrogen (secondary N) is 1. The zero-order valence-electron chi connectivity index (χ0n) is 38.0. The van der Waals surface area contributed by atoms with Crippen LogP contribution in [0, 0.1) is 20.8 Å². The molecule has 4 heterocycles. The molecule has 0 saturated heterocycles. The molecular formula is C63H45N5. The molecule has 9 aromatic carbocycles. The van der Waals surface area contributed by atoms with Gasteiger partial charge in [0.2, 0.25) is 0 Å². The molecule has 0 spiro atoms. The fourth-order valence-electron chi connectivity index (χ4n) is 10.9. The second-order valence-electron chi connectivity index (χ2n) is 18.1. The summed E-state index contributed by atoms with van der Waals surface area (Å²) in [4.78, 5) is 14.7. The van der Waals surface area contributed by atoms with E-state index in [4.69, 9.17) is 9.97 Å². The molecule has 0 bridgehead atoms. The summed E-state index contributed by atoms with van der Waals surface area (Å²) in [6, 6.07) is 74.3. The highest BCUT2D eigenvalue weighted by atomic mass is 15.1. The number of aromatic amines is 1. The zero-order chi connectivity index (χ0) is 45.5. The van der Waals surface area contributed by atoms with Crippen LogP contribution in [0.15, 0.2) is 212 Å². The van der Waals surface area contributed by atoms with E-state index in [2.05, 4.69) is 241 Å². The van der Waals surface area contributed by atoms with Crippen LogP contribution in [-0.4, -0.2) is 24.1 Å². The van der Waals surface area contributed by atoms with Crippen molar-refractivity contribution in [2.45, 2.75) is 20.8 Å². The lowest BCUT2D eigenvalue weighted by Gasteiger charge is -2.15. The van der Waals surface area contributed by atoms with Gasteiger partial charge in [-0.15, -0.1) is 0 Å². The largest absolute Gasteiger partial charge is 0.354 e. The number of aromatic nitrogens is 5. The summed E-state index contributed by atoms with van der Waals surface area (Å²) in [5.74, 6) is 1.75. The van der Waals surface area contributed by atoms with Gasteiger partial charge in [-0.05, 0) is 132 Å². The Morgan fingerprint density at radius 2 is 1.10 bits per heavy atom. The number of benzene rings is 9. The molecule has 0 unspecified atom stereocenters. The van der Waals surface area contributed by atoms with Crippen molar-refractivity contribution in [2.75, 3.05) is 0 Å². The Bertz CT molecular complexity index is 4080. The highest BCUT2D eigenvalue weighted by Gasteiger charge is 2.24. The third-order valence-electron chi connectivity index (χ3n) is 13.8. The number of hydrogen-bond acceptors (Lipinski definition) is 2. The Hall–Kier alpha value is -8.80. The van der Waals surface area contributed by atoms with Crippen LogP contribution in [0.3, 0.4) is 0 Å². The maximum atomic E-state index is 5.72. The first-order valence-corrected chi connectivity index (χ1v) is 23.3. The van der Waals surface area contributed by atoms with E-state index in [-0.39, 0.29) is 0 Å². The number of imidazole rings is 1. The van der Waals surface area contributed by atoms with Gasteiger partial charge in [0.1, 0.15) is 11.6 Å². The fraction of sp³-hybridized carbons (Fsp3) is 0.0476. The molecule has 4 aromatic heterocycles. The summed E-state index contributed by atoms with van der Waals surface area (Å²) >= 11 is 0. The zero-order valence-corrected chi connectivity index (χ0v) is 38.0. The van der Waals surface area contributed by atoms with Crippen LogP contribution < -0.4 is 0 Å². The number of aryl methyl sites for hydroxylation is 3. The molecule has 0 atom stereocenters. The summed E-state index contributed by atoms with van der Waals surface area (Å²) in [6.45, 7) is 6.65. The minimum atomic E-state index is 0.867. The Morgan fingerprint density at radius 3 is 1.87 bits per heavy atom. The lowest BCUT2D eigenvalue weighted by Crippen LogP contribution is -1.98. The summed E-state index contributed by atoms with van der Waals surface area (Å²) < 4.78 is 4.66. The predicted molar refractivity (Wildman–Crippen MR) is 284 cm³/mol. The van der Waals surface area contributed by atoms with Crippen molar-refractivity contribution >= 4 is 54.6 Å². The SMILES string of the molecule is Cc1cc(C)c(-c2ccc(-c3nc4c(-c5ccc6c7cc(-c8ccccc8)ccc7n(-c7cc(-c8ccccc8)ccn7)c6c5)cccc4n3-c3ccccc3)c3[nH]c4ccccc4c23)c(C)c1. The first-order valence-electron chi connectivity index (χ1n) is 23.3. The molecule has 13 aromatic rings. The fourth-order valence-corrected chi connectivity index (χ4v) is 10.9. The highest BCUT2D eigenvalue weighted by molar-refractivity contribution is 6.19. The number of pyridine rings is 1. The molecule has 0 aliphatic heterocycles. The van der Waals surface area contributed by atoms with Crippen molar-refractivity contribution in [2.24, 2.45) is 0 Å². The van der Waals surface area contributed by atoms with Gasteiger partial charge in [0, 0.05) is 50.1 Å². The van der Waals surface area contributed by atoms with Gasteiger partial charge in [0.25, 0.3) is 0 Å². The summed E-state index contributed by atoms with van der Waals surface area (Å²) in [5.41, 5.74) is 21.5. The number of nitrogens with zero attached hydrogens (tertiary/aromatic N) is 4. The first kappa shape index (κ1) is 39.6. The van der Waals surface area contributed by atoms with Gasteiger partial charge >= 0.3 is 0 Å². The van der Waals surface area contributed by atoms with Gasteiger partial charge in [0.05, 0.1) is 27.6 Å². The van der Waals surface area contributed by atoms with Crippen molar-refractivity contribution in [3.05, 3.63) is 229 Å². The Kier molecular flexibility index (Phi) is 9.12. The van der Waals surface area contributed by atoms with Crippen molar-refractivity contribution in [3.8, 4) is 67.4 Å². The quantitative estimate of drug-likeness (QED) is 0.173. The normalized spacial score (nSPS) is 11.8. The Labute approximate surface area is 394 Å². The van der Waals surface area contributed by atoms with E-state index in [9.17, 15) is 0 Å². The molecule has 1 N–H and O–H groups in total. The number of fused-ring (bicyclic) bond motifs is 7. The van der Waals surface area contributed by atoms with Crippen LogP contribution in [0.4, 0.5) is 0 Å². The standard InChI is InChI=1S/C63H45N5/c1-39-34-40(2)59(41(3)35-39)51-29-30-52(62-60(51)50-22-13-14-24-54(50)65-62)63-66-61-48(23-15-25-56(61)67(63)47-20-11-6-12-21-47)46-26-28-49-53-36-44(42-16-7-4-8-17-42)27-31-55(53)68(57(49)37-46)58-38-45(32-33-64-58)43-18-9-5-10-19-43/h4-38,65H,1-3H3. The van der Waals surface area contributed by atoms with E-state index < -0.39 is 0 Å². The van der Waals surface area contributed by atoms with Crippen molar-refractivity contribution in [1.82, 2.24) is 24.1 Å².